The van der Waals surface area contributed by atoms with Gasteiger partial charge >= 0.3 is 5.88 Å². The van der Waals surface area contributed by atoms with E-state index in [-0.39, 0.29) is 5.88 Å². The van der Waals surface area contributed by atoms with Crippen LogP contribution >= 0.6 is 11.3 Å². The molecule has 6 nitrogen and oxygen atoms in total. The van der Waals surface area contributed by atoms with Gasteiger partial charge in [0.2, 0.25) is 5.13 Å². The molecule has 104 valence electrons. The van der Waals surface area contributed by atoms with Gasteiger partial charge in [0.15, 0.2) is 5.76 Å². The lowest BCUT2D eigenvalue weighted by atomic mass is 10.2. The minimum absolute atomic E-state index is 0.305. The Morgan fingerprint density at radius 1 is 1.24 bits per heavy atom. The lowest BCUT2D eigenvalue weighted by molar-refractivity contribution is -0.402. The van der Waals surface area contributed by atoms with Crippen molar-refractivity contribution in [2.45, 2.75) is 0 Å². The summed E-state index contributed by atoms with van der Waals surface area (Å²) in [6, 6.07) is 12.6. The number of rotatable bonds is 4. The van der Waals surface area contributed by atoms with E-state index < -0.39 is 4.92 Å². The van der Waals surface area contributed by atoms with E-state index in [9.17, 15) is 10.1 Å². The average Bonchev–Trinajstić information content (AvgIpc) is 3.15. The first-order valence-electron chi connectivity index (χ1n) is 6.01. The first kappa shape index (κ1) is 13.2. The molecule has 0 N–H and O–H groups in total. The summed E-state index contributed by atoms with van der Waals surface area (Å²) in [6.45, 7) is 0. The minimum Gasteiger partial charge on any atom is -0.400 e. The van der Waals surface area contributed by atoms with Crippen molar-refractivity contribution in [3.05, 3.63) is 63.7 Å². The number of hydrogen-bond acceptors (Lipinski definition) is 6. The van der Waals surface area contributed by atoms with E-state index >= 15 is 0 Å². The van der Waals surface area contributed by atoms with Crippen molar-refractivity contribution in [2.24, 2.45) is 4.99 Å². The van der Waals surface area contributed by atoms with Crippen molar-refractivity contribution in [2.75, 3.05) is 0 Å². The van der Waals surface area contributed by atoms with Gasteiger partial charge in [-0.15, -0.1) is 11.3 Å². The third kappa shape index (κ3) is 3.03. The summed E-state index contributed by atoms with van der Waals surface area (Å²) in [5.74, 6) is 0.0127. The van der Waals surface area contributed by atoms with Gasteiger partial charge in [0.25, 0.3) is 0 Å². The Hall–Kier alpha value is -2.80. The Labute approximate surface area is 123 Å². The molecule has 3 aromatic rings. The second-order valence-corrected chi connectivity index (χ2v) is 4.91. The van der Waals surface area contributed by atoms with Gasteiger partial charge in [-0.25, -0.2) is 9.98 Å². The van der Waals surface area contributed by atoms with Crippen LogP contribution in [0.1, 0.15) is 5.76 Å². The van der Waals surface area contributed by atoms with E-state index in [4.69, 9.17) is 4.42 Å². The number of benzene rings is 1. The first-order chi connectivity index (χ1) is 10.2. The molecule has 0 spiro atoms. The molecule has 7 heteroatoms. The van der Waals surface area contributed by atoms with Crippen molar-refractivity contribution in [1.29, 1.82) is 0 Å². The maximum atomic E-state index is 10.5. The summed E-state index contributed by atoms with van der Waals surface area (Å²) in [4.78, 5) is 18.5. The van der Waals surface area contributed by atoms with Gasteiger partial charge in [-0.3, -0.25) is 10.1 Å². The molecule has 2 heterocycles. The Kier molecular flexibility index (Phi) is 3.57. The van der Waals surface area contributed by atoms with E-state index in [1.807, 2.05) is 35.7 Å². The molecule has 0 atom stereocenters. The number of aromatic nitrogens is 1. The number of nitrogens with zero attached hydrogens (tertiary/aromatic N) is 3. The van der Waals surface area contributed by atoms with E-state index in [0.717, 1.165) is 11.3 Å². The second-order valence-electron chi connectivity index (χ2n) is 4.07. The van der Waals surface area contributed by atoms with Crippen molar-refractivity contribution in [3.63, 3.8) is 0 Å². The summed E-state index contributed by atoms with van der Waals surface area (Å²) in [5.41, 5.74) is 1.86. The molecule has 1 aromatic carbocycles. The molecule has 0 aliphatic heterocycles. The van der Waals surface area contributed by atoms with Crippen LogP contribution in [0.2, 0.25) is 0 Å². The molecule has 0 aliphatic rings. The fourth-order valence-corrected chi connectivity index (χ4v) is 2.36. The lowest BCUT2D eigenvalue weighted by Crippen LogP contribution is -1.83. The molecule has 0 bridgehead atoms. The Morgan fingerprint density at radius 2 is 2.05 bits per heavy atom. The van der Waals surface area contributed by atoms with Gasteiger partial charge in [0.1, 0.15) is 4.92 Å². The SMILES string of the molecule is O=[N+]([O-])c1ccc(C=Nc2nc(-c3ccccc3)cs2)o1. The molecule has 0 radical (unpaired) electrons. The zero-order chi connectivity index (χ0) is 14.7. The number of nitro groups is 1. The molecule has 2 aromatic heterocycles. The molecule has 0 saturated heterocycles. The van der Waals surface area contributed by atoms with Gasteiger partial charge in [0, 0.05) is 10.9 Å². The molecule has 21 heavy (non-hydrogen) atoms. The maximum Gasteiger partial charge on any atom is 0.433 e. The van der Waals surface area contributed by atoms with Crippen LogP contribution in [0, 0.1) is 10.1 Å². The molecular weight excluding hydrogens is 290 g/mol. The zero-order valence-corrected chi connectivity index (χ0v) is 11.5. The summed E-state index contributed by atoms with van der Waals surface area (Å²) in [5, 5.41) is 13.0. The molecular formula is C14H9N3O3S. The van der Waals surface area contributed by atoms with Gasteiger partial charge < -0.3 is 4.42 Å². The van der Waals surface area contributed by atoms with E-state index in [1.54, 1.807) is 0 Å². The molecule has 0 amide bonds. The highest BCUT2D eigenvalue weighted by molar-refractivity contribution is 7.13. The van der Waals surface area contributed by atoms with Crippen LogP contribution in [0.3, 0.4) is 0 Å². The summed E-state index contributed by atoms with van der Waals surface area (Å²) in [6.07, 6.45) is 1.42. The number of furan rings is 1. The van der Waals surface area contributed by atoms with Gasteiger partial charge in [-0.1, -0.05) is 30.3 Å². The summed E-state index contributed by atoms with van der Waals surface area (Å²) in [7, 11) is 0. The van der Waals surface area contributed by atoms with Gasteiger partial charge in [-0.2, -0.15) is 0 Å². The topological polar surface area (TPSA) is 81.5 Å². The quantitative estimate of drug-likeness (QED) is 0.413. The standard InChI is InChI=1S/C14H9N3O3S/c18-17(19)13-7-6-11(20-13)8-15-14-16-12(9-21-14)10-4-2-1-3-5-10/h1-9H. The molecule has 3 rings (SSSR count). The lowest BCUT2D eigenvalue weighted by Gasteiger charge is -1.93. The molecule has 0 aliphatic carbocycles. The Balaban J connectivity index is 1.77. The van der Waals surface area contributed by atoms with Crippen LogP contribution in [0.15, 0.2) is 57.3 Å². The number of hydrogen-bond donors (Lipinski definition) is 0. The molecule has 0 saturated carbocycles. The van der Waals surface area contributed by atoms with Crippen molar-refractivity contribution in [1.82, 2.24) is 4.98 Å². The van der Waals surface area contributed by atoms with Crippen molar-refractivity contribution < 1.29 is 9.34 Å². The number of thiazole rings is 1. The third-order valence-corrected chi connectivity index (χ3v) is 3.41. The van der Waals surface area contributed by atoms with Gasteiger partial charge in [0.05, 0.1) is 18.0 Å². The van der Waals surface area contributed by atoms with Crippen LogP contribution in [0.5, 0.6) is 0 Å². The summed E-state index contributed by atoms with van der Waals surface area (Å²) < 4.78 is 4.99. The number of aliphatic imine (C=N–C) groups is 1. The monoisotopic (exact) mass is 299 g/mol. The van der Waals surface area contributed by atoms with E-state index in [1.165, 1.54) is 29.7 Å². The normalized spacial score (nSPS) is 11.0. The predicted octanol–water partition coefficient (Wildman–Crippen LogP) is 4.06. The summed E-state index contributed by atoms with van der Waals surface area (Å²) >= 11 is 1.39. The fraction of sp³-hybridized carbons (Fsp3) is 0. The second kappa shape index (κ2) is 5.68. The molecule has 0 fully saturated rings. The Morgan fingerprint density at radius 3 is 2.76 bits per heavy atom. The molecule has 0 unspecified atom stereocenters. The fourth-order valence-electron chi connectivity index (χ4n) is 1.69. The van der Waals surface area contributed by atoms with Crippen LogP contribution < -0.4 is 0 Å². The highest BCUT2D eigenvalue weighted by atomic mass is 32.1. The van der Waals surface area contributed by atoms with Crippen LogP contribution in [-0.4, -0.2) is 16.1 Å². The van der Waals surface area contributed by atoms with Crippen molar-refractivity contribution >= 4 is 28.6 Å². The largest absolute Gasteiger partial charge is 0.433 e. The van der Waals surface area contributed by atoms with Crippen LogP contribution in [0.4, 0.5) is 11.0 Å². The average molecular weight is 299 g/mol. The van der Waals surface area contributed by atoms with E-state index in [2.05, 4.69) is 9.98 Å². The van der Waals surface area contributed by atoms with Crippen LogP contribution in [-0.2, 0) is 0 Å². The Bertz CT molecular complexity index is 793. The predicted molar refractivity (Wildman–Crippen MR) is 80.2 cm³/mol. The first-order valence-corrected chi connectivity index (χ1v) is 6.89. The van der Waals surface area contributed by atoms with Crippen LogP contribution in [0.25, 0.3) is 11.3 Å². The maximum absolute atomic E-state index is 10.5. The third-order valence-electron chi connectivity index (χ3n) is 2.66. The minimum atomic E-state index is -0.589. The van der Waals surface area contributed by atoms with Gasteiger partial charge in [-0.05, 0) is 6.07 Å². The van der Waals surface area contributed by atoms with Crippen molar-refractivity contribution in [3.8, 4) is 11.3 Å². The highest BCUT2D eigenvalue weighted by Crippen LogP contribution is 2.26. The zero-order valence-electron chi connectivity index (χ0n) is 10.7. The van der Waals surface area contributed by atoms with E-state index in [0.29, 0.717) is 10.9 Å². The smallest absolute Gasteiger partial charge is 0.400 e. The highest BCUT2D eigenvalue weighted by Gasteiger charge is 2.10.